The molecule has 0 spiro atoms. The van der Waals surface area contributed by atoms with E-state index in [-0.39, 0.29) is 18.6 Å². The zero-order chi connectivity index (χ0) is 13.9. The van der Waals surface area contributed by atoms with Crippen LogP contribution >= 0.6 is 0 Å². The first-order valence-corrected chi connectivity index (χ1v) is 6.55. The van der Waals surface area contributed by atoms with Gasteiger partial charge in [0.1, 0.15) is 11.8 Å². The second kappa shape index (κ2) is 5.32. The molecule has 0 atom stereocenters. The Bertz CT molecular complexity index is 591. The molecule has 1 aliphatic rings. The van der Waals surface area contributed by atoms with Crippen LogP contribution in [0.2, 0.25) is 0 Å². The van der Waals surface area contributed by atoms with E-state index in [0.29, 0.717) is 13.1 Å². The molecule has 2 aromatic rings. The van der Waals surface area contributed by atoms with Gasteiger partial charge < -0.3 is 9.64 Å². The zero-order valence-corrected chi connectivity index (χ0v) is 11.3. The van der Waals surface area contributed by atoms with Crippen molar-refractivity contribution in [2.24, 2.45) is 0 Å². The van der Waals surface area contributed by atoms with Gasteiger partial charge in [-0.3, -0.25) is 4.79 Å². The van der Waals surface area contributed by atoms with E-state index in [1.54, 1.807) is 22.1 Å². The van der Waals surface area contributed by atoms with Gasteiger partial charge >= 0.3 is 0 Å². The van der Waals surface area contributed by atoms with Crippen molar-refractivity contribution in [3.63, 3.8) is 0 Å². The number of hydrogen-bond acceptors (Lipinski definition) is 4. The predicted molar refractivity (Wildman–Crippen MR) is 72.3 cm³/mol. The molecule has 2 heterocycles. The molecular formula is C14H16N4O2. The number of carbonyl (C=O) groups is 1. The van der Waals surface area contributed by atoms with E-state index in [1.807, 2.05) is 31.2 Å². The molecular weight excluding hydrogens is 256 g/mol. The fraction of sp³-hybridized carbons (Fsp3) is 0.357. The zero-order valence-electron chi connectivity index (χ0n) is 11.3. The largest absolute Gasteiger partial charge is 0.484 e. The number of likely N-dealkylation sites (tertiary alicyclic amines) is 1. The number of hydrogen-bond donors (Lipinski definition) is 0. The summed E-state index contributed by atoms with van der Waals surface area (Å²) in [5, 5.41) is 8.14. The number of nitrogens with zero attached hydrogens (tertiary/aromatic N) is 4. The lowest BCUT2D eigenvalue weighted by atomic mass is 10.1. The van der Waals surface area contributed by atoms with Crippen molar-refractivity contribution in [1.29, 1.82) is 0 Å². The van der Waals surface area contributed by atoms with Crippen LogP contribution in [0.5, 0.6) is 5.75 Å². The average Bonchev–Trinajstić information content (AvgIpc) is 2.88. The highest BCUT2D eigenvalue weighted by atomic mass is 16.5. The Morgan fingerprint density at radius 1 is 1.35 bits per heavy atom. The van der Waals surface area contributed by atoms with Crippen LogP contribution in [0.3, 0.4) is 0 Å². The van der Waals surface area contributed by atoms with Crippen LogP contribution in [0.4, 0.5) is 0 Å². The summed E-state index contributed by atoms with van der Waals surface area (Å²) < 4.78 is 5.50. The monoisotopic (exact) mass is 272 g/mol. The Morgan fingerprint density at radius 3 is 2.80 bits per heavy atom. The van der Waals surface area contributed by atoms with Gasteiger partial charge in [-0.1, -0.05) is 12.1 Å². The van der Waals surface area contributed by atoms with Crippen LogP contribution < -0.4 is 4.74 Å². The minimum Gasteiger partial charge on any atom is -0.484 e. The molecule has 0 radical (unpaired) electrons. The number of ether oxygens (including phenoxy) is 1. The van der Waals surface area contributed by atoms with Crippen LogP contribution in [0.25, 0.3) is 0 Å². The van der Waals surface area contributed by atoms with Gasteiger partial charge in [-0.2, -0.15) is 15.0 Å². The van der Waals surface area contributed by atoms with Crippen molar-refractivity contribution in [3.05, 3.63) is 42.2 Å². The molecule has 3 rings (SSSR count). The molecule has 1 amide bonds. The second-order valence-electron chi connectivity index (χ2n) is 4.91. The number of benzene rings is 1. The van der Waals surface area contributed by atoms with Crippen molar-refractivity contribution in [3.8, 4) is 5.75 Å². The summed E-state index contributed by atoms with van der Waals surface area (Å²) in [5.41, 5.74) is 1.11. The molecule has 0 unspecified atom stereocenters. The molecule has 0 saturated carbocycles. The summed E-state index contributed by atoms with van der Waals surface area (Å²) in [6.07, 6.45) is 3.29. The Labute approximate surface area is 117 Å². The molecule has 0 bridgehead atoms. The molecule has 1 fully saturated rings. The highest BCUT2D eigenvalue weighted by Gasteiger charge is 2.33. The maximum absolute atomic E-state index is 11.9. The van der Waals surface area contributed by atoms with Gasteiger partial charge in [-0.15, -0.1) is 0 Å². The first kappa shape index (κ1) is 12.7. The standard InChI is InChI=1S/C14H16N4O2/c1-11-3-2-4-13(7-11)20-10-14(19)17-8-12(9-17)18-15-5-6-16-18/h2-7,12H,8-10H2,1H3. The molecule has 1 saturated heterocycles. The third-order valence-electron chi connectivity index (χ3n) is 3.33. The second-order valence-corrected chi connectivity index (χ2v) is 4.91. The van der Waals surface area contributed by atoms with Crippen molar-refractivity contribution in [1.82, 2.24) is 19.9 Å². The number of aromatic nitrogens is 3. The lowest BCUT2D eigenvalue weighted by Crippen LogP contribution is -2.52. The molecule has 1 aromatic carbocycles. The third-order valence-corrected chi connectivity index (χ3v) is 3.33. The average molecular weight is 272 g/mol. The first-order chi connectivity index (χ1) is 9.72. The van der Waals surface area contributed by atoms with Crippen LogP contribution in [-0.2, 0) is 4.79 Å². The van der Waals surface area contributed by atoms with Crippen LogP contribution in [0, 0.1) is 6.92 Å². The van der Waals surface area contributed by atoms with E-state index in [0.717, 1.165) is 11.3 Å². The van der Waals surface area contributed by atoms with Gasteiger partial charge in [0.15, 0.2) is 6.61 Å². The molecule has 6 nitrogen and oxygen atoms in total. The molecule has 6 heteroatoms. The molecule has 0 aliphatic carbocycles. The maximum Gasteiger partial charge on any atom is 0.260 e. The molecule has 1 aliphatic heterocycles. The van der Waals surface area contributed by atoms with Crippen molar-refractivity contribution in [2.75, 3.05) is 19.7 Å². The van der Waals surface area contributed by atoms with E-state index >= 15 is 0 Å². The van der Waals surface area contributed by atoms with Crippen LogP contribution in [0.15, 0.2) is 36.7 Å². The van der Waals surface area contributed by atoms with E-state index < -0.39 is 0 Å². The van der Waals surface area contributed by atoms with Gasteiger partial charge in [0.05, 0.1) is 12.4 Å². The van der Waals surface area contributed by atoms with Gasteiger partial charge in [0.25, 0.3) is 5.91 Å². The fourth-order valence-electron chi connectivity index (χ4n) is 2.16. The molecule has 104 valence electrons. The highest BCUT2D eigenvalue weighted by Crippen LogP contribution is 2.19. The molecule has 1 aromatic heterocycles. The van der Waals surface area contributed by atoms with E-state index in [1.165, 1.54) is 0 Å². The quantitative estimate of drug-likeness (QED) is 0.834. The van der Waals surface area contributed by atoms with Crippen LogP contribution in [-0.4, -0.2) is 45.5 Å². The van der Waals surface area contributed by atoms with Gasteiger partial charge in [0.2, 0.25) is 0 Å². The summed E-state index contributed by atoms with van der Waals surface area (Å²) >= 11 is 0. The Morgan fingerprint density at radius 2 is 2.10 bits per heavy atom. The number of carbonyl (C=O) groups excluding carboxylic acids is 1. The first-order valence-electron chi connectivity index (χ1n) is 6.55. The van der Waals surface area contributed by atoms with E-state index in [9.17, 15) is 4.79 Å². The number of aryl methyl sites for hydroxylation is 1. The van der Waals surface area contributed by atoms with Gasteiger partial charge in [-0.05, 0) is 24.6 Å². The number of amides is 1. The summed E-state index contributed by atoms with van der Waals surface area (Å²) in [5.74, 6) is 0.721. The lowest BCUT2D eigenvalue weighted by molar-refractivity contribution is -0.139. The van der Waals surface area contributed by atoms with E-state index in [4.69, 9.17) is 4.74 Å². The topological polar surface area (TPSA) is 60.2 Å². The minimum atomic E-state index is -0.00471. The number of rotatable bonds is 4. The van der Waals surface area contributed by atoms with Gasteiger partial charge in [-0.25, -0.2) is 0 Å². The van der Waals surface area contributed by atoms with E-state index in [2.05, 4.69) is 10.2 Å². The smallest absolute Gasteiger partial charge is 0.260 e. The van der Waals surface area contributed by atoms with Crippen LogP contribution in [0.1, 0.15) is 11.6 Å². The molecule has 20 heavy (non-hydrogen) atoms. The summed E-state index contributed by atoms with van der Waals surface area (Å²) in [4.78, 5) is 15.3. The molecule has 0 N–H and O–H groups in total. The van der Waals surface area contributed by atoms with Crippen molar-refractivity contribution in [2.45, 2.75) is 13.0 Å². The minimum absolute atomic E-state index is 0.00471. The Kier molecular flexibility index (Phi) is 3.37. The maximum atomic E-state index is 11.9. The van der Waals surface area contributed by atoms with Crippen molar-refractivity contribution < 1.29 is 9.53 Å². The lowest BCUT2D eigenvalue weighted by Gasteiger charge is -2.38. The summed E-state index contributed by atoms with van der Waals surface area (Å²) in [6, 6.07) is 7.87. The third kappa shape index (κ3) is 2.64. The summed E-state index contributed by atoms with van der Waals surface area (Å²) in [6.45, 7) is 3.35. The fourth-order valence-corrected chi connectivity index (χ4v) is 2.16. The van der Waals surface area contributed by atoms with Gasteiger partial charge in [0, 0.05) is 13.1 Å². The Balaban J connectivity index is 1.47. The van der Waals surface area contributed by atoms with Crippen molar-refractivity contribution >= 4 is 5.91 Å². The summed E-state index contributed by atoms with van der Waals surface area (Å²) in [7, 11) is 0. The highest BCUT2D eigenvalue weighted by molar-refractivity contribution is 5.78. The SMILES string of the molecule is Cc1cccc(OCC(=O)N2CC(n3nccn3)C2)c1. The normalized spacial score (nSPS) is 14.9. The Hall–Kier alpha value is -2.37. The predicted octanol–water partition coefficient (Wildman–Crippen LogP) is 1.05.